The van der Waals surface area contributed by atoms with Crippen LogP contribution in [0.5, 0.6) is 0 Å². The van der Waals surface area contributed by atoms with Gasteiger partial charge in [-0.25, -0.2) is 13.1 Å². The van der Waals surface area contributed by atoms with Gasteiger partial charge >= 0.3 is 0 Å². The van der Waals surface area contributed by atoms with Crippen molar-refractivity contribution in [3.63, 3.8) is 0 Å². The fourth-order valence-electron chi connectivity index (χ4n) is 2.04. The topological polar surface area (TPSA) is 70.0 Å². The van der Waals surface area contributed by atoms with E-state index in [2.05, 4.69) is 4.72 Å². The van der Waals surface area contributed by atoms with E-state index in [1.54, 1.807) is 13.8 Å². The van der Waals surface area contributed by atoms with Gasteiger partial charge in [-0.1, -0.05) is 17.7 Å². The highest BCUT2D eigenvalue weighted by Gasteiger charge is 2.18. The van der Waals surface area contributed by atoms with Gasteiger partial charge in [0.25, 0.3) is 0 Å². The smallest absolute Gasteiger partial charge is 0.211 e. The zero-order valence-corrected chi connectivity index (χ0v) is 11.8. The van der Waals surface area contributed by atoms with Gasteiger partial charge in [0.1, 0.15) is 0 Å². The average molecular weight is 266 g/mol. The molecule has 18 heavy (non-hydrogen) atoms. The van der Waals surface area contributed by atoms with Gasteiger partial charge < -0.3 is 0 Å². The number of aryl methyl sites for hydroxylation is 3. The molecule has 1 aromatic rings. The molecule has 0 aliphatic rings. The van der Waals surface area contributed by atoms with Gasteiger partial charge in [0.15, 0.2) is 0 Å². The first-order valence-corrected chi connectivity index (χ1v) is 7.31. The molecule has 0 bridgehead atoms. The monoisotopic (exact) mass is 266 g/mol. The van der Waals surface area contributed by atoms with Crippen molar-refractivity contribution >= 4 is 10.0 Å². The maximum atomic E-state index is 12.2. The van der Waals surface area contributed by atoms with Gasteiger partial charge in [-0.2, -0.15) is 5.26 Å². The van der Waals surface area contributed by atoms with Crippen LogP contribution >= 0.6 is 0 Å². The molecular weight excluding hydrogens is 248 g/mol. The quantitative estimate of drug-likeness (QED) is 0.830. The minimum atomic E-state index is -3.48. The van der Waals surface area contributed by atoms with Crippen molar-refractivity contribution in [2.75, 3.05) is 6.54 Å². The summed E-state index contributed by atoms with van der Waals surface area (Å²) in [5, 5.41) is 8.40. The van der Waals surface area contributed by atoms with Crippen molar-refractivity contribution in [1.82, 2.24) is 4.72 Å². The normalized spacial score (nSPS) is 11.2. The van der Waals surface area contributed by atoms with Crippen LogP contribution in [0.25, 0.3) is 0 Å². The Kier molecular flexibility index (Phi) is 4.88. The fourth-order valence-corrected chi connectivity index (χ4v) is 3.56. The van der Waals surface area contributed by atoms with Gasteiger partial charge in [-0.05, 0) is 38.3 Å². The summed E-state index contributed by atoms with van der Waals surface area (Å²) in [6.45, 7) is 5.83. The third-order valence-electron chi connectivity index (χ3n) is 2.63. The van der Waals surface area contributed by atoms with Crippen LogP contribution in [0.15, 0.2) is 17.0 Å². The molecule has 0 aliphatic heterocycles. The molecule has 0 spiro atoms. The van der Waals surface area contributed by atoms with Gasteiger partial charge in [0, 0.05) is 13.0 Å². The van der Waals surface area contributed by atoms with Crippen LogP contribution in [0.4, 0.5) is 0 Å². The lowest BCUT2D eigenvalue weighted by atomic mass is 10.1. The molecule has 0 atom stereocenters. The van der Waals surface area contributed by atoms with Gasteiger partial charge in [0.05, 0.1) is 11.0 Å². The molecule has 0 unspecified atom stereocenters. The fraction of sp³-hybridized carbons (Fsp3) is 0.462. The Bertz CT molecular complexity index is 548. The zero-order valence-electron chi connectivity index (χ0n) is 10.9. The molecule has 0 saturated carbocycles. The molecule has 1 aromatic carbocycles. The number of sulfonamides is 1. The van der Waals surface area contributed by atoms with E-state index in [1.165, 1.54) is 0 Å². The number of nitrogens with one attached hydrogen (secondary N) is 1. The first-order valence-electron chi connectivity index (χ1n) is 5.83. The molecule has 1 N–H and O–H groups in total. The summed E-state index contributed by atoms with van der Waals surface area (Å²) in [5.74, 6) is 0. The second kappa shape index (κ2) is 5.98. The molecule has 98 valence electrons. The van der Waals surface area contributed by atoms with Crippen molar-refractivity contribution in [3.05, 3.63) is 28.8 Å². The Hall–Kier alpha value is -1.38. The lowest BCUT2D eigenvalue weighted by Crippen LogP contribution is -2.26. The van der Waals surface area contributed by atoms with E-state index in [4.69, 9.17) is 5.26 Å². The number of nitrogens with zero attached hydrogens (tertiary/aromatic N) is 1. The molecule has 1 rings (SSSR count). The van der Waals surface area contributed by atoms with Crippen LogP contribution in [-0.2, 0) is 10.0 Å². The number of unbranched alkanes of at least 4 members (excludes halogenated alkanes) is 1. The van der Waals surface area contributed by atoms with E-state index >= 15 is 0 Å². The second-order valence-electron chi connectivity index (χ2n) is 4.39. The Morgan fingerprint density at radius 1 is 1.22 bits per heavy atom. The Morgan fingerprint density at radius 3 is 2.28 bits per heavy atom. The molecular formula is C13H18N2O2S. The molecule has 0 fully saturated rings. The van der Waals surface area contributed by atoms with E-state index < -0.39 is 10.0 Å². The predicted molar refractivity (Wildman–Crippen MR) is 70.7 cm³/mol. The Morgan fingerprint density at radius 2 is 1.78 bits per heavy atom. The number of rotatable bonds is 5. The Labute approximate surface area is 109 Å². The summed E-state index contributed by atoms with van der Waals surface area (Å²) < 4.78 is 26.8. The molecule has 4 nitrogen and oxygen atoms in total. The van der Waals surface area contributed by atoms with Crippen molar-refractivity contribution in [3.8, 4) is 6.07 Å². The van der Waals surface area contributed by atoms with E-state index in [0.29, 0.717) is 24.3 Å². The number of nitriles is 1. The SMILES string of the molecule is Cc1cc(C)c(S(=O)(=O)NCCCC#N)c(C)c1. The van der Waals surface area contributed by atoms with E-state index in [-0.39, 0.29) is 0 Å². The largest absolute Gasteiger partial charge is 0.241 e. The summed E-state index contributed by atoms with van der Waals surface area (Å²) >= 11 is 0. The van der Waals surface area contributed by atoms with Crippen molar-refractivity contribution in [2.45, 2.75) is 38.5 Å². The highest BCUT2D eigenvalue weighted by atomic mass is 32.2. The lowest BCUT2D eigenvalue weighted by molar-refractivity contribution is 0.578. The summed E-state index contributed by atoms with van der Waals surface area (Å²) in [7, 11) is -3.48. The first-order chi connectivity index (χ1) is 8.38. The number of benzene rings is 1. The van der Waals surface area contributed by atoms with E-state index in [0.717, 1.165) is 16.7 Å². The maximum Gasteiger partial charge on any atom is 0.241 e. The average Bonchev–Trinajstić information content (AvgIpc) is 2.22. The second-order valence-corrected chi connectivity index (χ2v) is 6.09. The minimum Gasteiger partial charge on any atom is -0.211 e. The van der Waals surface area contributed by atoms with Crippen LogP contribution in [0.1, 0.15) is 29.5 Å². The Balaban J connectivity index is 2.96. The predicted octanol–water partition coefficient (Wildman–Crippen LogP) is 2.19. The van der Waals surface area contributed by atoms with Crippen molar-refractivity contribution in [2.24, 2.45) is 0 Å². The number of hydrogen-bond donors (Lipinski definition) is 1. The molecule has 0 radical (unpaired) electrons. The highest BCUT2D eigenvalue weighted by Crippen LogP contribution is 2.21. The van der Waals surface area contributed by atoms with Crippen LogP contribution < -0.4 is 4.72 Å². The van der Waals surface area contributed by atoms with E-state index in [1.807, 2.05) is 25.1 Å². The third kappa shape index (κ3) is 3.56. The lowest BCUT2D eigenvalue weighted by Gasteiger charge is -2.12. The summed E-state index contributed by atoms with van der Waals surface area (Å²) in [5.41, 5.74) is 2.55. The van der Waals surface area contributed by atoms with Crippen LogP contribution in [0.3, 0.4) is 0 Å². The standard InChI is InChI=1S/C13H18N2O2S/c1-10-8-11(2)13(12(3)9-10)18(16,17)15-7-5-4-6-14/h8-9,15H,4-5,7H2,1-3H3. The summed E-state index contributed by atoms with van der Waals surface area (Å²) in [6.07, 6.45) is 0.883. The molecule has 0 amide bonds. The van der Waals surface area contributed by atoms with Gasteiger partial charge in [-0.3, -0.25) is 0 Å². The van der Waals surface area contributed by atoms with Crippen molar-refractivity contribution in [1.29, 1.82) is 5.26 Å². The summed E-state index contributed by atoms with van der Waals surface area (Å²) in [4.78, 5) is 0.352. The molecule has 0 aliphatic carbocycles. The molecule has 0 aromatic heterocycles. The van der Waals surface area contributed by atoms with Crippen LogP contribution in [-0.4, -0.2) is 15.0 Å². The third-order valence-corrected chi connectivity index (χ3v) is 4.40. The number of hydrogen-bond acceptors (Lipinski definition) is 3. The van der Waals surface area contributed by atoms with Gasteiger partial charge in [0.2, 0.25) is 10.0 Å². The van der Waals surface area contributed by atoms with Gasteiger partial charge in [-0.15, -0.1) is 0 Å². The highest BCUT2D eigenvalue weighted by molar-refractivity contribution is 7.89. The molecule has 0 heterocycles. The zero-order chi connectivity index (χ0) is 13.8. The first kappa shape index (κ1) is 14.7. The maximum absolute atomic E-state index is 12.2. The molecule has 5 heteroatoms. The van der Waals surface area contributed by atoms with Crippen LogP contribution in [0.2, 0.25) is 0 Å². The van der Waals surface area contributed by atoms with Crippen molar-refractivity contribution < 1.29 is 8.42 Å². The molecule has 0 saturated heterocycles. The van der Waals surface area contributed by atoms with E-state index in [9.17, 15) is 8.42 Å². The van der Waals surface area contributed by atoms with Crippen LogP contribution in [0, 0.1) is 32.1 Å². The minimum absolute atomic E-state index is 0.294. The summed E-state index contributed by atoms with van der Waals surface area (Å²) in [6, 6.07) is 5.71.